The molecule has 1 aromatic carbocycles. The number of nitrogens with one attached hydrogen (secondary N) is 1. The van der Waals surface area contributed by atoms with Crippen LogP contribution in [0.15, 0.2) is 24.3 Å². The van der Waals surface area contributed by atoms with Crippen molar-refractivity contribution < 1.29 is 9.53 Å². The van der Waals surface area contributed by atoms with Gasteiger partial charge in [0.25, 0.3) is 0 Å². The van der Waals surface area contributed by atoms with E-state index in [2.05, 4.69) is 23.5 Å². The number of amides is 1. The number of rotatable bonds is 3. The minimum absolute atomic E-state index is 0. The summed E-state index contributed by atoms with van der Waals surface area (Å²) in [4.78, 5) is 12.4. The third-order valence-electron chi connectivity index (χ3n) is 4.76. The zero-order valence-corrected chi connectivity index (χ0v) is 13.6. The lowest BCUT2D eigenvalue weighted by molar-refractivity contribution is -0.125. The number of carbonyl (C=O) groups excluding carboxylic acids is 1. The van der Waals surface area contributed by atoms with E-state index in [9.17, 15) is 4.79 Å². The van der Waals surface area contributed by atoms with Gasteiger partial charge in [0.15, 0.2) is 0 Å². The Balaban J connectivity index is 0.00000176. The van der Waals surface area contributed by atoms with Crippen molar-refractivity contribution in [1.29, 1.82) is 0 Å². The van der Waals surface area contributed by atoms with E-state index in [1.807, 2.05) is 6.07 Å². The van der Waals surface area contributed by atoms with Crippen LogP contribution in [-0.2, 0) is 16.0 Å². The number of benzene rings is 1. The number of nitrogens with two attached hydrogens (primary N) is 1. The Morgan fingerprint density at radius 1 is 1.23 bits per heavy atom. The normalized spacial score (nSPS) is 23.0. The molecular weight excluding hydrogens is 300 g/mol. The minimum Gasteiger partial charge on any atom is -0.381 e. The van der Waals surface area contributed by atoms with Crippen molar-refractivity contribution in [2.24, 2.45) is 11.7 Å². The largest absolute Gasteiger partial charge is 0.381 e. The highest BCUT2D eigenvalue weighted by molar-refractivity contribution is 5.85. The Kier molecular flexibility index (Phi) is 6.24. The van der Waals surface area contributed by atoms with Gasteiger partial charge in [0.2, 0.25) is 5.91 Å². The number of carbonyl (C=O) groups is 1. The molecule has 3 N–H and O–H groups in total. The first-order chi connectivity index (χ1) is 10.3. The Morgan fingerprint density at radius 3 is 2.73 bits per heavy atom. The molecule has 0 aromatic heterocycles. The van der Waals surface area contributed by atoms with Crippen molar-refractivity contribution in [2.75, 3.05) is 13.2 Å². The van der Waals surface area contributed by atoms with Gasteiger partial charge in [0.1, 0.15) is 0 Å². The molecule has 1 heterocycles. The maximum absolute atomic E-state index is 12.4. The summed E-state index contributed by atoms with van der Waals surface area (Å²) < 4.78 is 5.34. The van der Waals surface area contributed by atoms with Crippen LogP contribution in [0.2, 0.25) is 0 Å². The van der Waals surface area contributed by atoms with Crippen LogP contribution in [0.5, 0.6) is 0 Å². The molecule has 0 radical (unpaired) electrons. The molecule has 5 heteroatoms. The summed E-state index contributed by atoms with van der Waals surface area (Å²) in [6.07, 6.45) is 5.00. The zero-order valence-electron chi connectivity index (χ0n) is 12.8. The van der Waals surface area contributed by atoms with Crippen LogP contribution >= 0.6 is 12.4 Å². The van der Waals surface area contributed by atoms with Crippen molar-refractivity contribution >= 4 is 18.3 Å². The van der Waals surface area contributed by atoms with E-state index in [0.29, 0.717) is 0 Å². The highest BCUT2D eigenvalue weighted by atomic mass is 35.5. The molecule has 1 aromatic rings. The van der Waals surface area contributed by atoms with E-state index in [1.165, 1.54) is 11.1 Å². The first-order valence-corrected chi connectivity index (χ1v) is 7.97. The smallest absolute Gasteiger partial charge is 0.237 e. The molecule has 2 atom stereocenters. The van der Waals surface area contributed by atoms with E-state index in [1.54, 1.807) is 0 Å². The van der Waals surface area contributed by atoms with Crippen molar-refractivity contribution in [1.82, 2.24) is 5.32 Å². The zero-order chi connectivity index (χ0) is 14.7. The first-order valence-electron chi connectivity index (χ1n) is 7.97. The average molecular weight is 325 g/mol. The van der Waals surface area contributed by atoms with Gasteiger partial charge in [0.05, 0.1) is 12.1 Å². The molecule has 1 fully saturated rings. The molecule has 4 nitrogen and oxygen atoms in total. The second kappa shape index (κ2) is 7.95. The second-order valence-electron chi connectivity index (χ2n) is 6.13. The van der Waals surface area contributed by atoms with Crippen LogP contribution in [0.4, 0.5) is 0 Å². The van der Waals surface area contributed by atoms with Crippen LogP contribution in [0, 0.1) is 5.92 Å². The fourth-order valence-electron chi connectivity index (χ4n) is 3.46. The number of aryl methyl sites for hydroxylation is 1. The lowest BCUT2D eigenvalue weighted by Crippen LogP contribution is -2.48. The number of hydrogen-bond donors (Lipinski definition) is 2. The number of hydrogen-bond acceptors (Lipinski definition) is 3. The van der Waals surface area contributed by atoms with Crippen molar-refractivity contribution in [2.45, 2.75) is 44.2 Å². The standard InChI is InChI=1S/C17H24N2O2.ClH/c18-16(13-8-10-21-11-9-13)17(20)19-15-7-3-5-12-4-1-2-6-14(12)15;/h1-2,4,6,13,15-16H,3,5,7-11,18H2,(H,19,20);1H. The van der Waals surface area contributed by atoms with E-state index in [-0.39, 0.29) is 30.3 Å². The van der Waals surface area contributed by atoms with Gasteiger partial charge in [-0.3, -0.25) is 4.79 Å². The molecule has 2 unspecified atom stereocenters. The predicted octanol–water partition coefficient (Wildman–Crippen LogP) is 2.36. The topological polar surface area (TPSA) is 64.4 Å². The maximum atomic E-state index is 12.4. The van der Waals surface area contributed by atoms with E-state index in [0.717, 1.165) is 45.3 Å². The molecule has 0 bridgehead atoms. The Bertz CT molecular complexity index is 503. The van der Waals surface area contributed by atoms with Crippen LogP contribution in [0.3, 0.4) is 0 Å². The highest BCUT2D eigenvalue weighted by Gasteiger charge is 2.29. The maximum Gasteiger partial charge on any atom is 0.237 e. The highest BCUT2D eigenvalue weighted by Crippen LogP contribution is 2.29. The molecular formula is C17H25ClN2O2. The van der Waals surface area contributed by atoms with E-state index < -0.39 is 6.04 Å². The second-order valence-corrected chi connectivity index (χ2v) is 6.13. The van der Waals surface area contributed by atoms with Gasteiger partial charge >= 0.3 is 0 Å². The summed E-state index contributed by atoms with van der Waals surface area (Å²) in [5.74, 6) is 0.237. The Labute approximate surface area is 138 Å². The van der Waals surface area contributed by atoms with E-state index in [4.69, 9.17) is 10.5 Å². The van der Waals surface area contributed by atoms with Gasteiger partial charge in [-0.25, -0.2) is 0 Å². The third-order valence-corrected chi connectivity index (χ3v) is 4.76. The van der Waals surface area contributed by atoms with Gasteiger partial charge in [-0.05, 0) is 49.1 Å². The van der Waals surface area contributed by atoms with Crippen LogP contribution < -0.4 is 11.1 Å². The van der Waals surface area contributed by atoms with Gasteiger partial charge in [-0.15, -0.1) is 12.4 Å². The number of halogens is 1. The SMILES string of the molecule is Cl.NC(C(=O)NC1CCCc2ccccc21)C1CCOCC1. The molecule has 122 valence electrons. The fraction of sp³-hybridized carbons (Fsp3) is 0.588. The number of fused-ring (bicyclic) bond motifs is 1. The summed E-state index contributed by atoms with van der Waals surface area (Å²) in [5, 5.41) is 3.17. The van der Waals surface area contributed by atoms with Crippen molar-refractivity contribution in [3.05, 3.63) is 35.4 Å². The minimum atomic E-state index is -0.414. The monoisotopic (exact) mass is 324 g/mol. The van der Waals surface area contributed by atoms with E-state index >= 15 is 0 Å². The molecule has 0 saturated carbocycles. The summed E-state index contributed by atoms with van der Waals surface area (Å²) in [7, 11) is 0. The summed E-state index contributed by atoms with van der Waals surface area (Å²) in [6.45, 7) is 1.44. The van der Waals surface area contributed by atoms with Gasteiger partial charge in [0, 0.05) is 13.2 Å². The number of ether oxygens (including phenoxy) is 1. The predicted molar refractivity (Wildman–Crippen MR) is 89.0 cm³/mol. The molecule has 1 aliphatic heterocycles. The molecule has 0 spiro atoms. The Morgan fingerprint density at radius 2 is 1.95 bits per heavy atom. The lowest BCUT2D eigenvalue weighted by Gasteiger charge is -2.30. The summed E-state index contributed by atoms with van der Waals surface area (Å²) >= 11 is 0. The third kappa shape index (κ3) is 3.80. The fourth-order valence-corrected chi connectivity index (χ4v) is 3.46. The first kappa shape index (κ1) is 17.3. The molecule has 2 aliphatic rings. The molecule has 1 saturated heterocycles. The van der Waals surface area contributed by atoms with Gasteiger partial charge in [-0.2, -0.15) is 0 Å². The molecule has 1 amide bonds. The quantitative estimate of drug-likeness (QED) is 0.897. The Hall–Kier alpha value is -1.10. The molecule has 3 rings (SSSR count). The van der Waals surface area contributed by atoms with Crippen LogP contribution in [0.1, 0.15) is 42.9 Å². The van der Waals surface area contributed by atoms with Gasteiger partial charge < -0.3 is 15.8 Å². The van der Waals surface area contributed by atoms with Crippen LogP contribution in [0.25, 0.3) is 0 Å². The summed E-state index contributed by atoms with van der Waals surface area (Å²) in [6, 6.07) is 8.10. The van der Waals surface area contributed by atoms with Crippen molar-refractivity contribution in [3.8, 4) is 0 Å². The molecule has 1 aliphatic carbocycles. The average Bonchev–Trinajstić information content (AvgIpc) is 2.55. The lowest BCUT2D eigenvalue weighted by atomic mass is 9.86. The van der Waals surface area contributed by atoms with Crippen LogP contribution in [-0.4, -0.2) is 25.2 Å². The molecule has 22 heavy (non-hydrogen) atoms. The van der Waals surface area contributed by atoms with Crippen molar-refractivity contribution in [3.63, 3.8) is 0 Å². The summed E-state index contributed by atoms with van der Waals surface area (Å²) in [5.41, 5.74) is 8.78. The van der Waals surface area contributed by atoms with Gasteiger partial charge in [-0.1, -0.05) is 24.3 Å².